The van der Waals surface area contributed by atoms with E-state index in [4.69, 9.17) is 9.15 Å². The van der Waals surface area contributed by atoms with E-state index in [0.29, 0.717) is 12.6 Å². The molecule has 2 rings (SSSR count). The number of ether oxygens (including phenoxy) is 1. The van der Waals surface area contributed by atoms with Gasteiger partial charge in [0, 0.05) is 13.0 Å². The van der Waals surface area contributed by atoms with Crippen LogP contribution in [0.25, 0.3) is 0 Å². The van der Waals surface area contributed by atoms with Crippen molar-refractivity contribution in [3.8, 4) is 0 Å². The minimum absolute atomic E-state index is 0.338. The third-order valence-corrected chi connectivity index (χ3v) is 2.38. The fraction of sp³-hybridized carbons (Fsp3) is 0.700. The van der Waals surface area contributed by atoms with Crippen molar-refractivity contribution in [2.24, 2.45) is 0 Å². The molecule has 0 bridgehead atoms. The smallest absolute Gasteiger partial charge is 0.208 e. The number of aromatic nitrogens is 1. The third-order valence-electron chi connectivity index (χ3n) is 2.38. The second-order valence-corrected chi connectivity index (χ2v) is 3.59. The van der Waals surface area contributed by atoms with Gasteiger partial charge in [-0.3, -0.25) is 0 Å². The van der Waals surface area contributed by atoms with Crippen LogP contribution >= 0.6 is 0 Å². The quantitative estimate of drug-likeness (QED) is 0.783. The Kier molecular flexibility index (Phi) is 3.16. The topological polar surface area (TPSA) is 47.3 Å². The van der Waals surface area contributed by atoms with Crippen LogP contribution in [0.4, 0.5) is 0 Å². The first-order valence-electron chi connectivity index (χ1n) is 5.08. The number of hydrogen-bond donors (Lipinski definition) is 1. The molecule has 1 aromatic heterocycles. The highest BCUT2D eigenvalue weighted by Crippen LogP contribution is 2.17. The monoisotopic (exact) mass is 196 g/mol. The second-order valence-electron chi connectivity index (χ2n) is 3.59. The molecule has 1 aliphatic heterocycles. The van der Waals surface area contributed by atoms with E-state index in [9.17, 15) is 0 Å². The number of nitrogens with one attached hydrogen (secondary N) is 1. The van der Waals surface area contributed by atoms with Crippen molar-refractivity contribution in [3.05, 3.63) is 17.8 Å². The average Bonchev–Trinajstić information content (AvgIpc) is 2.79. The van der Waals surface area contributed by atoms with Crippen molar-refractivity contribution >= 4 is 0 Å². The summed E-state index contributed by atoms with van der Waals surface area (Å²) < 4.78 is 11.1. The van der Waals surface area contributed by atoms with E-state index in [1.54, 1.807) is 6.20 Å². The van der Waals surface area contributed by atoms with Crippen LogP contribution in [-0.2, 0) is 17.7 Å². The first kappa shape index (κ1) is 9.68. The lowest BCUT2D eigenvalue weighted by molar-refractivity contribution is 0.106. The molecule has 1 aromatic rings. The van der Waals surface area contributed by atoms with E-state index in [2.05, 4.69) is 10.3 Å². The Balaban J connectivity index is 1.88. The van der Waals surface area contributed by atoms with Gasteiger partial charge in [-0.05, 0) is 19.9 Å². The highest BCUT2D eigenvalue weighted by atomic mass is 16.5. The van der Waals surface area contributed by atoms with E-state index in [1.807, 2.05) is 7.05 Å². The molecule has 1 N–H and O–H groups in total. The summed E-state index contributed by atoms with van der Waals surface area (Å²) in [6.45, 7) is 1.58. The summed E-state index contributed by atoms with van der Waals surface area (Å²) in [4.78, 5) is 4.16. The lowest BCUT2D eigenvalue weighted by atomic mass is 10.1. The first-order valence-corrected chi connectivity index (χ1v) is 5.08. The van der Waals surface area contributed by atoms with Crippen molar-refractivity contribution in [2.45, 2.75) is 31.9 Å². The average molecular weight is 196 g/mol. The standard InChI is InChI=1S/C10H16N2O2/c1-11-7-10-12-6-9(14-10)5-8-3-2-4-13-8/h6,8,11H,2-5,7H2,1H3. The third kappa shape index (κ3) is 2.33. The maximum absolute atomic E-state index is 5.53. The van der Waals surface area contributed by atoms with Crippen LogP contribution in [0.1, 0.15) is 24.5 Å². The van der Waals surface area contributed by atoms with Crippen molar-refractivity contribution in [1.29, 1.82) is 0 Å². The van der Waals surface area contributed by atoms with Crippen molar-refractivity contribution in [1.82, 2.24) is 10.3 Å². The lowest BCUT2D eigenvalue weighted by Crippen LogP contribution is -2.08. The van der Waals surface area contributed by atoms with Crippen molar-refractivity contribution in [3.63, 3.8) is 0 Å². The molecule has 1 saturated heterocycles. The fourth-order valence-electron chi connectivity index (χ4n) is 1.71. The SMILES string of the molecule is CNCc1ncc(CC2CCCO2)o1. The molecule has 4 nitrogen and oxygen atoms in total. The molecule has 0 amide bonds. The molecule has 2 heterocycles. The van der Waals surface area contributed by atoms with Gasteiger partial charge in [0.1, 0.15) is 5.76 Å². The van der Waals surface area contributed by atoms with E-state index in [-0.39, 0.29) is 0 Å². The van der Waals surface area contributed by atoms with Gasteiger partial charge in [-0.1, -0.05) is 0 Å². The van der Waals surface area contributed by atoms with Gasteiger partial charge in [0.2, 0.25) is 5.89 Å². The maximum atomic E-state index is 5.53. The predicted octanol–water partition coefficient (Wildman–Crippen LogP) is 1.12. The van der Waals surface area contributed by atoms with Gasteiger partial charge in [-0.15, -0.1) is 0 Å². The summed E-state index contributed by atoms with van der Waals surface area (Å²) in [5.41, 5.74) is 0. The van der Waals surface area contributed by atoms with Gasteiger partial charge < -0.3 is 14.5 Å². The van der Waals surface area contributed by atoms with Crippen LogP contribution in [0.5, 0.6) is 0 Å². The highest BCUT2D eigenvalue weighted by molar-refractivity contribution is 4.96. The van der Waals surface area contributed by atoms with Crippen LogP contribution in [0.15, 0.2) is 10.6 Å². The summed E-state index contributed by atoms with van der Waals surface area (Å²) in [7, 11) is 1.88. The van der Waals surface area contributed by atoms with Gasteiger partial charge >= 0.3 is 0 Å². The van der Waals surface area contributed by atoms with Crippen molar-refractivity contribution in [2.75, 3.05) is 13.7 Å². The lowest BCUT2D eigenvalue weighted by Gasteiger charge is -2.05. The zero-order valence-corrected chi connectivity index (χ0v) is 8.45. The molecule has 0 aliphatic carbocycles. The Bertz CT molecular complexity index is 279. The molecule has 14 heavy (non-hydrogen) atoms. The summed E-state index contributed by atoms with van der Waals surface area (Å²) in [6, 6.07) is 0. The van der Waals surface area contributed by atoms with Gasteiger partial charge in [0.25, 0.3) is 0 Å². The minimum Gasteiger partial charge on any atom is -0.444 e. The normalized spacial score (nSPS) is 21.6. The molecule has 1 atom stereocenters. The Morgan fingerprint density at radius 1 is 1.64 bits per heavy atom. The number of rotatable bonds is 4. The molecule has 4 heteroatoms. The first-order chi connectivity index (χ1) is 6.88. The van der Waals surface area contributed by atoms with Gasteiger partial charge in [0.05, 0.1) is 18.8 Å². The summed E-state index contributed by atoms with van der Waals surface area (Å²) >= 11 is 0. The summed E-state index contributed by atoms with van der Waals surface area (Å²) in [6.07, 6.45) is 5.31. The molecule has 0 saturated carbocycles. The van der Waals surface area contributed by atoms with E-state index < -0.39 is 0 Å². The van der Waals surface area contributed by atoms with Gasteiger partial charge in [0.15, 0.2) is 0 Å². The number of nitrogens with zero attached hydrogens (tertiary/aromatic N) is 1. The summed E-state index contributed by atoms with van der Waals surface area (Å²) in [5.74, 6) is 1.68. The van der Waals surface area contributed by atoms with Crippen molar-refractivity contribution < 1.29 is 9.15 Å². The summed E-state index contributed by atoms with van der Waals surface area (Å²) in [5, 5.41) is 3.00. The largest absolute Gasteiger partial charge is 0.444 e. The molecular weight excluding hydrogens is 180 g/mol. The highest BCUT2D eigenvalue weighted by Gasteiger charge is 2.17. The molecule has 1 unspecified atom stereocenters. The molecule has 0 spiro atoms. The fourth-order valence-corrected chi connectivity index (χ4v) is 1.71. The van der Waals surface area contributed by atoms with Crippen LogP contribution in [0.2, 0.25) is 0 Å². The zero-order valence-electron chi connectivity index (χ0n) is 8.45. The molecule has 78 valence electrons. The Morgan fingerprint density at radius 3 is 3.29 bits per heavy atom. The minimum atomic E-state index is 0.338. The Labute approximate surface area is 83.7 Å². The number of hydrogen-bond acceptors (Lipinski definition) is 4. The zero-order chi connectivity index (χ0) is 9.80. The molecule has 1 aliphatic rings. The van der Waals surface area contributed by atoms with Crippen LogP contribution in [-0.4, -0.2) is 24.7 Å². The van der Waals surface area contributed by atoms with E-state index in [1.165, 1.54) is 6.42 Å². The molecule has 0 radical (unpaired) electrons. The predicted molar refractivity (Wildman–Crippen MR) is 51.9 cm³/mol. The second kappa shape index (κ2) is 4.57. The maximum Gasteiger partial charge on any atom is 0.208 e. The Morgan fingerprint density at radius 2 is 2.57 bits per heavy atom. The van der Waals surface area contributed by atoms with Gasteiger partial charge in [-0.25, -0.2) is 4.98 Å². The molecule has 1 fully saturated rings. The van der Waals surface area contributed by atoms with Gasteiger partial charge in [-0.2, -0.15) is 0 Å². The van der Waals surface area contributed by atoms with Crippen LogP contribution in [0, 0.1) is 0 Å². The molecular formula is C10H16N2O2. The molecule has 0 aromatic carbocycles. The van der Waals surface area contributed by atoms with E-state index >= 15 is 0 Å². The van der Waals surface area contributed by atoms with Crippen LogP contribution < -0.4 is 5.32 Å². The Hall–Kier alpha value is -0.870. The van der Waals surface area contributed by atoms with E-state index in [0.717, 1.165) is 31.1 Å². The van der Waals surface area contributed by atoms with Crippen LogP contribution in [0.3, 0.4) is 0 Å². The number of oxazole rings is 1.